The van der Waals surface area contributed by atoms with Crippen LogP contribution in [0.3, 0.4) is 0 Å². The summed E-state index contributed by atoms with van der Waals surface area (Å²) in [6.07, 6.45) is 3.41. The number of hydrogen-bond acceptors (Lipinski definition) is 6. The highest BCUT2D eigenvalue weighted by atomic mass is 32.1. The predicted octanol–water partition coefficient (Wildman–Crippen LogP) is 4.02. The van der Waals surface area contributed by atoms with Crippen molar-refractivity contribution in [1.29, 1.82) is 0 Å². The number of nitrogens with zero attached hydrogens (tertiary/aromatic N) is 2. The Labute approximate surface area is 118 Å². The molecule has 96 valence electrons. The molecule has 0 fully saturated rings. The molecule has 0 atom stereocenters. The molecule has 3 rings (SSSR count). The first-order valence-electron chi connectivity index (χ1n) is 5.60. The third-order valence-electron chi connectivity index (χ3n) is 2.48. The fraction of sp³-hybridized carbons (Fsp3) is 0.0769. The molecule has 0 aromatic carbocycles. The zero-order chi connectivity index (χ0) is 13.1. The van der Waals surface area contributed by atoms with E-state index in [2.05, 4.69) is 44.2 Å². The Morgan fingerprint density at radius 3 is 2.74 bits per heavy atom. The fourth-order valence-corrected chi connectivity index (χ4v) is 3.21. The van der Waals surface area contributed by atoms with Crippen molar-refractivity contribution in [2.24, 2.45) is 0 Å². The highest BCUT2D eigenvalue weighted by Crippen LogP contribution is 2.33. The van der Waals surface area contributed by atoms with E-state index in [1.165, 1.54) is 10.4 Å². The second kappa shape index (κ2) is 5.38. The van der Waals surface area contributed by atoms with Crippen molar-refractivity contribution in [3.05, 3.63) is 41.4 Å². The molecule has 0 aliphatic rings. The largest absolute Gasteiger partial charge is 0.467 e. The van der Waals surface area contributed by atoms with Crippen LogP contribution in [0, 0.1) is 0 Å². The SMILES string of the molecule is COc1ncc(Nc2cc(-c3cccs3)cs2)cn1. The third-order valence-corrected chi connectivity index (χ3v) is 4.25. The van der Waals surface area contributed by atoms with E-state index in [-0.39, 0.29) is 0 Å². The average molecular weight is 289 g/mol. The van der Waals surface area contributed by atoms with Crippen LogP contribution in [0.25, 0.3) is 10.4 Å². The maximum atomic E-state index is 4.93. The first kappa shape index (κ1) is 12.1. The van der Waals surface area contributed by atoms with Gasteiger partial charge in [-0.15, -0.1) is 22.7 Å². The number of anilines is 2. The van der Waals surface area contributed by atoms with Gasteiger partial charge in [0.2, 0.25) is 0 Å². The first-order valence-corrected chi connectivity index (χ1v) is 7.36. The summed E-state index contributed by atoms with van der Waals surface area (Å²) >= 11 is 3.40. The van der Waals surface area contributed by atoms with E-state index in [9.17, 15) is 0 Å². The topological polar surface area (TPSA) is 47.0 Å². The summed E-state index contributed by atoms with van der Waals surface area (Å²) < 4.78 is 4.93. The van der Waals surface area contributed by atoms with Crippen molar-refractivity contribution in [2.45, 2.75) is 0 Å². The molecule has 3 heterocycles. The van der Waals surface area contributed by atoms with E-state index >= 15 is 0 Å². The molecular formula is C13H11N3OS2. The lowest BCUT2D eigenvalue weighted by Crippen LogP contribution is -1.94. The highest BCUT2D eigenvalue weighted by molar-refractivity contribution is 7.16. The summed E-state index contributed by atoms with van der Waals surface area (Å²) in [6, 6.07) is 6.67. The molecule has 0 bridgehead atoms. The van der Waals surface area contributed by atoms with Crippen LogP contribution in [0.4, 0.5) is 10.7 Å². The van der Waals surface area contributed by atoms with E-state index in [0.29, 0.717) is 6.01 Å². The molecule has 0 radical (unpaired) electrons. The van der Waals surface area contributed by atoms with Crippen molar-refractivity contribution in [3.63, 3.8) is 0 Å². The molecule has 0 unspecified atom stereocenters. The minimum Gasteiger partial charge on any atom is -0.467 e. The van der Waals surface area contributed by atoms with E-state index in [0.717, 1.165) is 10.7 Å². The summed E-state index contributed by atoms with van der Waals surface area (Å²) in [7, 11) is 1.55. The van der Waals surface area contributed by atoms with Gasteiger partial charge >= 0.3 is 6.01 Å². The van der Waals surface area contributed by atoms with Crippen LogP contribution in [0.5, 0.6) is 6.01 Å². The zero-order valence-electron chi connectivity index (χ0n) is 10.2. The maximum Gasteiger partial charge on any atom is 0.316 e. The lowest BCUT2D eigenvalue weighted by atomic mass is 10.3. The third kappa shape index (κ3) is 2.74. The Balaban J connectivity index is 1.76. The molecule has 0 aliphatic carbocycles. The summed E-state index contributed by atoms with van der Waals surface area (Å²) in [5.41, 5.74) is 2.08. The Morgan fingerprint density at radius 2 is 2.05 bits per heavy atom. The van der Waals surface area contributed by atoms with Gasteiger partial charge < -0.3 is 10.1 Å². The van der Waals surface area contributed by atoms with Crippen LogP contribution >= 0.6 is 22.7 Å². The van der Waals surface area contributed by atoms with Crippen molar-refractivity contribution in [3.8, 4) is 16.5 Å². The number of aromatic nitrogens is 2. The molecule has 1 N–H and O–H groups in total. The van der Waals surface area contributed by atoms with Gasteiger partial charge in [0.05, 0.1) is 30.2 Å². The summed E-state index contributed by atoms with van der Waals surface area (Å²) in [4.78, 5) is 9.40. The van der Waals surface area contributed by atoms with E-state index in [1.807, 2.05) is 0 Å². The number of thiophene rings is 2. The van der Waals surface area contributed by atoms with Crippen LogP contribution in [-0.2, 0) is 0 Å². The average Bonchev–Trinajstić information content (AvgIpc) is 3.10. The molecule has 6 heteroatoms. The van der Waals surface area contributed by atoms with Crippen molar-refractivity contribution >= 4 is 33.4 Å². The predicted molar refractivity (Wildman–Crippen MR) is 79.5 cm³/mol. The minimum absolute atomic E-state index is 0.371. The monoisotopic (exact) mass is 289 g/mol. The van der Waals surface area contributed by atoms with Gasteiger partial charge in [-0.05, 0) is 17.5 Å². The van der Waals surface area contributed by atoms with E-state index < -0.39 is 0 Å². The lowest BCUT2D eigenvalue weighted by molar-refractivity contribution is 0.380. The second-order valence-electron chi connectivity index (χ2n) is 3.76. The molecule has 0 spiro atoms. The molecule has 3 aromatic rings. The van der Waals surface area contributed by atoms with Crippen LogP contribution in [0.15, 0.2) is 41.4 Å². The van der Waals surface area contributed by atoms with Crippen molar-refractivity contribution < 1.29 is 4.74 Å². The van der Waals surface area contributed by atoms with Crippen LogP contribution in [0.1, 0.15) is 0 Å². The van der Waals surface area contributed by atoms with Gasteiger partial charge in [-0.1, -0.05) is 6.07 Å². The van der Waals surface area contributed by atoms with Crippen molar-refractivity contribution in [1.82, 2.24) is 9.97 Å². The Kier molecular flexibility index (Phi) is 3.43. The molecule has 0 amide bonds. The van der Waals surface area contributed by atoms with Crippen molar-refractivity contribution in [2.75, 3.05) is 12.4 Å². The molecule has 0 saturated heterocycles. The standard InChI is InChI=1S/C13H11N3OS2/c1-17-13-14-6-10(7-15-13)16-12-5-9(8-19-12)11-3-2-4-18-11/h2-8,16H,1H3. The quantitative estimate of drug-likeness (QED) is 0.788. The number of methoxy groups -OCH3 is 1. The summed E-state index contributed by atoms with van der Waals surface area (Å²) in [5, 5.41) is 8.57. The van der Waals surface area contributed by atoms with Gasteiger partial charge in [0.25, 0.3) is 0 Å². The normalized spacial score (nSPS) is 10.4. The molecule has 0 aliphatic heterocycles. The van der Waals surface area contributed by atoms with Crippen LogP contribution in [0.2, 0.25) is 0 Å². The van der Waals surface area contributed by atoms with Crippen LogP contribution < -0.4 is 10.1 Å². The molecule has 3 aromatic heterocycles. The lowest BCUT2D eigenvalue weighted by Gasteiger charge is -2.02. The van der Waals surface area contributed by atoms with Gasteiger partial charge in [0, 0.05) is 15.8 Å². The summed E-state index contributed by atoms with van der Waals surface area (Å²) in [5.74, 6) is 0. The molecular weight excluding hydrogens is 278 g/mol. The van der Waals surface area contributed by atoms with Gasteiger partial charge in [-0.25, -0.2) is 9.97 Å². The number of rotatable bonds is 4. The molecule has 0 saturated carbocycles. The van der Waals surface area contributed by atoms with Gasteiger partial charge in [0.15, 0.2) is 0 Å². The maximum absolute atomic E-state index is 4.93. The van der Waals surface area contributed by atoms with E-state index in [1.54, 1.807) is 42.2 Å². The zero-order valence-corrected chi connectivity index (χ0v) is 11.8. The smallest absolute Gasteiger partial charge is 0.316 e. The van der Waals surface area contributed by atoms with Gasteiger partial charge in [-0.2, -0.15) is 0 Å². The van der Waals surface area contributed by atoms with Crippen LogP contribution in [-0.4, -0.2) is 17.1 Å². The Hall–Kier alpha value is -1.92. The number of ether oxygens (including phenoxy) is 1. The highest BCUT2D eigenvalue weighted by Gasteiger charge is 2.04. The number of nitrogens with one attached hydrogen (secondary N) is 1. The summed E-state index contributed by atoms with van der Waals surface area (Å²) in [6.45, 7) is 0. The minimum atomic E-state index is 0.371. The second-order valence-corrected chi connectivity index (χ2v) is 5.62. The van der Waals surface area contributed by atoms with Gasteiger partial charge in [-0.3, -0.25) is 0 Å². The first-order chi connectivity index (χ1) is 9.35. The molecule has 4 nitrogen and oxygen atoms in total. The fourth-order valence-electron chi connectivity index (χ4n) is 1.60. The Morgan fingerprint density at radius 1 is 1.21 bits per heavy atom. The van der Waals surface area contributed by atoms with E-state index in [4.69, 9.17) is 4.74 Å². The Bertz CT molecular complexity index is 647. The molecule has 19 heavy (non-hydrogen) atoms. The number of hydrogen-bond donors (Lipinski definition) is 1. The van der Waals surface area contributed by atoms with Gasteiger partial charge in [0.1, 0.15) is 0 Å².